The Bertz CT molecular complexity index is 827. The molecule has 1 heterocycles. The number of hydrogen-bond donors (Lipinski definition) is 1. The number of nitrogens with one attached hydrogen (secondary N) is 1. The van der Waals surface area contributed by atoms with E-state index in [0.29, 0.717) is 22.3 Å². The molecule has 0 bridgehead atoms. The van der Waals surface area contributed by atoms with Crippen LogP contribution in [0.2, 0.25) is 10.0 Å². The van der Waals surface area contributed by atoms with Gasteiger partial charge in [0.1, 0.15) is 0 Å². The fraction of sp³-hybridized carbons (Fsp3) is 0.278. The van der Waals surface area contributed by atoms with Gasteiger partial charge in [0, 0.05) is 23.7 Å². The first-order valence-corrected chi connectivity index (χ1v) is 8.93. The van der Waals surface area contributed by atoms with Crippen molar-refractivity contribution in [3.63, 3.8) is 0 Å². The molecule has 1 amide bonds. The maximum Gasteiger partial charge on any atom is 0.269 e. The predicted molar refractivity (Wildman–Crippen MR) is 102 cm³/mol. The highest BCUT2D eigenvalue weighted by Gasteiger charge is 2.31. The summed E-state index contributed by atoms with van der Waals surface area (Å²) in [5.74, 6) is -0.131. The molecule has 0 aromatic heterocycles. The number of rotatable bonds is 5. The Labute approximate surface area is 160 Å². The first-order chi connectivity index (χ1) is 12.4. The van der Waals surface area contributed by atoms with Crippen LogP contribution in [-0.2, 0) is 11.3 Å². The zero-order valence-corrected chi connectivity index (χ0v) is 15.3. The standard InChI is InChI=1S/C18H17Cl2N3O3/c19-13-5-8-15(20)16(10-13)21-18(24)17-2-1-9-22(17)11-12-3-6-14(7-4-12)23(25)26/h3-8,10,17H,1-2,9,11H2,(H,21,24)/t17-/m1/s1. The zero-order chi connectivity index (χ0) is 18.7. The van der Waals surface area contributed by atoms with E-state index in [9.17, 15) is 14.9 Å². The minimum atomic E-state index is -0.426. The first kappa shape index (κ1) is 18.6. The molecule has 6 nitrogen and oxygen atoms in total. The molecule has 1 N–H and O–H groups in total. The van der Waals surface area contributed by atoms with E-state index in [4.69, 9.17) is 23.2 Å². The molecule has 1 aliphatic rings. The van der Waals surface area contributed by atoms with Gasteiger partial charge in [-0.25, -0.2) is 0 Å². The predicted octanol–water partition coefficient (Wildman–Crippen LogP) is 4.50. The minimum Gasteiger partial charge on any atom is -0.323 e. The van der Waals surface area contributed by atoms with Crippen molar-refractivity contribution in [2.24, 2.45) is 0 Å². The highest BCUT2D eigenvalue weighted by molar-refractivity contribution is 6.35. The van der Waals surface area contributed by atoms with Crippen LogP contribution in [0.15, 0.2) is 42.5 Å². The molecular weight excluding hydrogens is 377 g/mol. The second kappa shape index (κ2) is 8.03. The molecule has 0 aliphatic carbocycles. The molecule has 0 saturated carbocycles. The molecule has 2 aromatic rings. The normalized spacial score (nSPS) is 17.2. The molecule has 1 saturated heterocycles. The number of non-ortho nitro benzene ring substituents is 1. The zero-order valence-electron chi connectivity index (χ0n) is 13.8. The maximum atomic E-state index is 12.7. The number of anilines is 1. The summed E-state index contributed by atoms with van der Waals surface area (Å²) < 4.78 is 0. The van der Waals surface area contributed by atoms with E-state index < -0.39 is 4.92 Å². The van der Waals surface area contributed by atoms with Gasteiger partial charge in [0.25, 0.3) is 5.69 Å². The molecule has 0 radical (unpaired) electrons. The van der Waals surface area contributed by atoms with Gasteiger partial charge in [-0.05, 0) is 43.1 Å². The molecule has 1 aliphatic heterocycles. The van der Waals surface area contributed by atoms with Crippen LogP contribution in [0.5, 0.6) is 0 Å². The van der Waals surface area contributed by atoms with Crippen LogP contribution < -0.4 is 5.32 Å². The number of hydrogen-bond acceptors (Lipinski definition) is 4. The highest BCUT2D eigenvalue weighted by atomic mass is 35.5. The molecule has 2 aromatic carbocycles. The lowest BCUT2D eigenvalue weighted by atomic mass is 10.1. The lowest BCUT2D eigenvalue weighted by Crippen LogP contribution is -2.39. The fourth-order valence-electron chi connectivity index (χ4n) is 3.08. The summed E-state index contributed by atoms with van der Waals surface area (Å²) in [4.78, 5) is 25.1. The van der Waals surface area contributed by atoms with Crippen LogP contribution in [0.3, 0.4) is 0 Å². The van der Waals surface area contributed by atoms with Crippen LogP contribution in [0.4, 0.5) is 11.4 Å². The Kier molecular flexibility index (Phi) is 5.76. The number of nitro groups is 1. The van der Waals surface area contributed by atoms with Gasteiger partial charge in [-0.1, -0.05) is 35.3 Å². The molecule has 136 valence electrons. The average molecular weight is 394 g/mol. The molecule has 8 heteroatoms. The molecule has 26 heavy (non-hydrogen) atoms. The monoisotopic (exact) mass is 393 g/mol. The summed E-state index contributed by atoms with van der Waals surface area (Å²) >= 11 is 12.1. The van der Waals surface area contributed by atoms with Crippen molar-refractivity contribution in [3.8, 4) is 0 Å². The third-order valence-corrected chi connectivity index (χ3v) is 4.95. The molecule has 0 unspecified atom stereocenters. The van der Waals surface area contributed by atoms with Crippen LogP contribution in [0.25, 0.3) is 0 Å². The summed E-state index contributed by atoms with van der Waals surface area (Å²) in [6.07, 6.45) is 1.66. The summed E-state index contributed by atoms with van der Waals surface area (Å²) in [5.41, 5.74) is 1.47. The van der Waals surface area contributed by atoms with Crippen molar-refractivity contribution >= 4 is 40.5 Å². The lowest BCUT2D eigenvalue weighted by molar-refractivity contribution is -0.384. The third-order valence-electron chi connectivity index (χ3n) is 4.39. The van der Waals surface area contributed by atoms with Crippen molar-refractivity contribution in [1.82, 2.24) is 4.90 Å². The first-order valence-electron chi connectivity index (χ1n) is 8.17. The SMILES string of the molecule is O=C(Nc1cc(Cl)ccc1Cl)[C@H]1CCCN1Cc1ccc([N+](=O)[O-])cc1. The van der Waals surface area contributed by atoms with Crippen molar-refractivity contribution in [1.29, 1.82) is 0 Å². The van der Waals surface area contributed by atoms with Crippen LogP contribution in [0, 0.1) is 10.1 Å². The Morgan fingerprint density at radius 3 is 2.65 bits per heavy atom. The van der Waals surface area contributed by atoms with Gasteiger partial charge in [-0.2, -0.15) is 0 Å². The van der Waals surface area contributed by atoms with Crippen LogP contribution in [-0.4, -0.2) is 28.3 Å². The van der Waals surface area contributed by atoms with Crippen molar-refractivity contribution < 1.29 is 9.72 Å². The number of halogens is 2. The van der Waals surface area contributed by atoms with Gasteiger partial charge >= 0.3 is 0 Å². The van der Waals surface area contributed by atoms with Gasteiger partial charge in [0.15, 0.2) is 0 Å². The Morgan fingerprint density at radius 2 is 1.96 bits per heavy atom. The van der Waals surface area contributed by atoms with Gasteiger partial charge in [-0.15, -0.1) is 0 Å². The van der Waals surface area contributed by atoms with E-state index in [1.54, 1.807) is 30.3 Å². The number of carbonyl (C=O) groups is 1. The highest BCUT2D eigenvalue weighted by Crippen LogP contribution is 2.27. The number of carbonyl (C=O) groups excluding carboxylic acids is 1. The molecule has 1 atom stereocenters. The van der Waals surface area contributed by atoms with Gasteiger partial charge < -0.3 is 5.32 Å². The van der Waals surface area contributed by atoms with Gasteiger partial charge in [0.05, 0.1) is 21.7 Å². The van der Waals surface area contributed by atoms with Crippen LogP contribution in [0.1, 0.15) is 18.4 Å². The smallest absolute Gasteiger partial charge is 0.269 e. The van der Waals surface area contributed by atoms with Crippen LogP contribution >= 0.6 is 23.2 Å². The summed E-state index contributed by atoms with van der Waals surface area (Å²) in [6, 6.07) is 11.0. The molecule has 3 rings (SSSR count). The topological polar surface area (TPSA) is 75.5 Å². The Morgan fingerprint density at radius 1 is 1.23 bits per heavy atom. The van der Waals surface area contributed by atoms with Crippen molar-refractivity contribution in [3.05, 3.63) is 68.2 Å². The largest absolute Gasteiger partial charge is 0.323 e. The quantitative estimate of drug-likeness (QED) is 0.598. The van der Waals surface area contributed by atoms with E-state index in [2.05, 4.69) is 10.2 Å². The second-order valence-electron chi connectivity index (χ2n) is 6.17. The van der Waals surface area contributed by atoms with E-state index >= 15 is 0 Å². The summed E-state index contributed by atoms with van der Waals surface area (Å²) in [5, 5.41) is 14.5. The Hall–Kier alpha value is -2.15. The fourth-order valence-corrected chi connectivity index (χ4v) is 3.42. The van der Waals surface area contributed by atoms with Gasteiger partial charge in [0.2, 0.25) is 5.91 Å². The number of nitro benzene ring substituents is 1. The minimum absolute atomic E-state index is 0.0556. The van der Waals surface area contributed by atoms with E-state index in [-0.39, 0.29) is 17.6 Å². The van der Waals surface area contributed by atoms with E-state index in [1.165, 1.54) is 12.1 Å². The number of likely N-dealkylation sites (tertiary alicyclic amines) is 1. The van der Waals surface area contributed by atoms with E-state index in [0.717, 1.165) is 24.9 Å². The molecule has 0 spiro atoms. The summed E-state index contributed by atoms with van der Waals surface area (Å²) in [7, 11) is 0. The number of nitrogens with zero attached hydrogens (tertiary/aromatic N) is 2. The average Bonchev–Trinajstić information content (AvgIpc) is 3.07. The molecular formula is C18H17Cl2N3O3. The second-order valence-corrected chi connectivity index (χ2v) is 7.01. The third kappa shape index (κ3) is 4.33. The maximum absolute atomic E-state index is 12.7. The molecule has 1 fully saturated rings. The van der Waals surface area contributed by atoms with E-state index in [1.807, 2.05) is 0 Å². The number of amides is 1. The Balaban J connectivity index is 1.68. The lowest BCUT2D eigenvalue weighted by Gasteiger charge is -2.24. The van der Waals surface area contributed by atoms with Crippen molar-refractivity contribution in [2.45, 2.75) is 25.4 Å². The summed E-state index contributed by atoms with van der Waals surface area (Å²) in [6.45, 7) is 1.34. The van der Waals surface area contributed by atoms with Gasteiger partial charge in [-0.3, -0.25) is 19.8 Å². The number of benzene rings is 2. The van der Waals surface area contributed by atoms with Crippen molar-refractivity contribution in [2.75, 3.05) is 11.9 Å².